The number of phenols is 1. The second-order valence-corrected chi connectivity index (χ2v) is 7.22. The lowest BCUT2D eigenvalue weighted by molar-refractivity contribution is 0.102. The van der Waals surface area contributed by atoms with Crippen LogP contribution in [0.25, 0.3) is 10.8 Å². The zero-order valence-electron chi connectivity index (χ0n) is 16.4. The molecule has 1 fully saturated rings. The third kappa shape index (κ3) is 4.69. The van der Waals surface area contributed by atoms with Crippen molar-refractivity contribution in [3.63, 3.8) is 0 Å². The number of urea groups is 1. The molecule has 1 aliphatic heterocycles. The standard InChI is InChI=1S/C23H23N3O4/c27-21-13-16-5-2-1-4-15(16)12-20(21)22(28)25-17-7-9-18(10-8-17)26-23(29)24-14-19-6-3-11-30-19/h1-2,4-5,7-10,12-13,19,27H,3,6,11,14H2,(H,25,28)(H2,24,26,29). The first-order valence-corrected chi connectivity index (χ1v) is 9.88. The van der Waals surface area contributed by atoms with E-state index in [4.69, 9.17) is 4.74 Å². The van der Waals surface area contributed by atoms with Crippen molar-refractivity contribution < 1.29 is 19.4 Å². The second kappa shape index (κ2) is 8.84. The van der Waals surface area contributed by atoms with Crippen molar-refractivity contribution in [1.82, 2.24) is 5.32 Å². The molecule has 7 heteroatoms. The molecule has 0 saturated carbocycles. The summed E-state index contributed by atoms with van der Waals surface area (Å²) in [5.74, 6) is -0.485. The number of rotatable bonds is 5. The summed E-state index contributed by atoms with van der Waals surface area (Å²) in [5.41, 5.74) is 1.36. The summed E-state index contributed by atoms with van der Waals surface area (Å²) in [7, 11) is 0. The summed E-state index contributed by atoms with van der Waals surface area (Å²) in [6, 6.07) is 17.2. The Labute approximate surface area is 174 Å². The Morgan fingerprint density at radius 1 is 0.967 bits per heavy atom. The first kappa shape index (κ1) is 19.7. The van der Waals surface area contributed by atoms with Crippen LogP contribution in [0.4, 0.5) is 16.2 Å². The van der Waals surface area contributed by atoms with Crippen LogP contribution in [0.3, 0.4) is 0 Å². The van der Waals surface area contributed by atoms with Gasteiger partial charge in [0, 0.05) is 24.5 Å². The molecular formula is C23H23N3O4. The van der Waals surface area contributed by atoms with Crippen LogP contribution in [0.1, 0.15) is 23.2 Å². The van der Waals surface area contributed by atoms with E-state index in [1.807, 2.05) is 24.3 Å². The van der Waals surface area contributed by atoms with Crippen LogP contribution >= 0.6 is 0 Å². The van der Waals surface area contributed by atoms with E-state index in [0.29, 0.717) is 17.9 Å². The largest absolute Gasteiger partial charge is 0.507 e. The van der Waals surface area contributed by atoms with Crippen molar-refractivity contribution >= 4 is 34.1 Å². The predicted molar refractivity (Wildman–Crippen MR) is 116 cm³/mol. The first-order valence-electron chi connectivity index (χ1n) is 9.88. The van der Waals surface area contributed by atoms with E-state index in [0.717, 1.165) is 30.2 Å². The number of hydrogen-bond donors (Lipinski definition) is 4. The van der Waals surface area contributed by atoms with E-state index in [1.165, 1.54) is 0 Å². The average Bonchev–Trinajstić information content (AvgIpc) is 3.27. The van der Waals surface area contributed by atoms with Gasteiger partial charge in [-0.25, -0.2) is 4.79 Å². The lowest BCUT2D eigenvalue weighted by Crippen LogP contribution is -2.35. The molecule has 3 aromatic rings. The number of carbonyl (C=O) groups is 2. The molecule has 30 heavy (non-hydrogen) atoms. The summed E-state index contributed by atoms with van der Waals surface area (Å²) in [6.45, 7) is 1.23. The highest BCUT2D eigenvalue weighted by molar-refractivity contribution is 6.08. The number of nitrogens with one attached hydrogen (secondary N) is 3. The van der Waals surface area contributed by atoms with Gasteiger partial charge < -0.3 is 25.8 Å². The smallest absolute Gasteiger partial charge is 0.319 e. The number of benzene rings is 3. The van der Waals surface area contributed by atoms with Crippen molar-refractivity contribution in [2.24, 2.45) is 0 Å². The van der Waals surface area contributed by atoms with Crippen LogP contribution in [0.15, 0.2) is 60.7 Å². The van der Waals surface area contributed by atoms with Gasteiger partial charge in [-0.15, -0.1) is 0 Å². The van der Waals surface area contributed by atoms with Crippen molar-refractivity contribution in [3.05, 3.63) is 66.2 Å². The maximum absolute atomic E-state index is 12.6. The van der Waals surface area contributed by atoms with Crippen LogP contribution in [-0.4, -0.2) is 36.3 Å². The Morgan fingerprint density at radius 3 is 2.30 bits per heavy atom. The highest BCUT2D eigenvalue weighted by atomic mass is 16.5. The second-order valence-electron chi connectivity index (χ2n) is 7.22. The fourth-order valence-corrected chi connectivity index (χ4v) is 3.43. The number of hydrogen-bond acceptors (Lipinski definition) is 4. The van der Waals surface area contributed by atoms with E-state index in [2.05, 4.69) is 16.0 Å². The topological polar surface area (TPSA) is 99.7 Å². The van der Waals surface area contributed by atoms with Gasteiger partial charge >= 0.3 is 6.03 Å². The summed E-state index contributed by atoms with van der Waals surface area (Å²) >= 11 is 0. The maximum atomic E-state index is 12.6. The Kier molecular flexibility index (Phi) is 5.81. The Bertz CT molecular complexity index is 1060. The number of fused-ring (bicyclic) bond motifs is 1. The molecule has 3 aromatic carbocycles. The fourth-order valence-electron chi connectivity index (χ4n) is 3.43. The molecule has 7 nitrogen and oxygen atoms in total. The van der Waals surface area contributed by atoms with E-state index in [-0.39, 0.29) is 23.4 Å². The Morgan fingerprint density at radius 2 is 1.63 bits per heavy atom. The van der Waals surface area contributed by atoms with Crippen LogP contribution in [0.5, 0.6) is 5.75 Å². The van der Waals surface area contributed by atoms with Crippen LogP contribution in [-0.2, 0) is 4.74 Å². The van der Waals surface area contributed by atoms with Gasteiger partial charge in [-0.2, -0.15) is 0 Å². The minimum absolute atomic E-state index is 0.0765. The van der Waals surface area contributed by atoms with Gasteiger partial charge in [0.25, 0.3) is 5.91 Å². The van der Waals surface area contributed by atoms with Gasteiger partial charge in [0.05, 0.1) is 11.7 Å². The molecule has 1 unspecified atom stereocenters. The molecule has 1 aliphatic rings. The van der Waals surface area contributed by atoms with E-state index >= 15 is 0 Å². The zero-order valence-corrected chi connectivity index (χ0v) is 16.4. The number of amides is 3. The third-order valence-electron chi connectivity index (χ3n) is 5.02. The normalized spacial score (nSPS) is 15.7. The molecular weight excluding hydrogens is 382 g/mol. The highest BCUT2D eigenvalue weighted by Crippen LogP contribution is 2.26. The molecule has 0 spiro atoms. The van der Waals surface area contributed by atoms with E-state index in [9.17, 15) is 14.7 Å². The van der Waals surface area contributed by atoms with Crippen LogP contribution in [0, 0.1) is 0 Å². The van der Waals surface area contributed by atoms with Gasteiger partial charge in [-0.3, -0.25) is 4.79 Å². The molecule has 0 radical (unpaired) electrons. The summed E-state index contributed by atoms with van der Waals surface area (Å²) in [4.78, 5) is 24.6. The third-order valence-corrected chi connectivity index (χ3v) is 5.02. The van der Waals surface area contributed by atoms with E-state index < -0.39 is 5.91 Å². The number of phenolic OH excluding ortho intramolecular Hbond substituents is 1. The van der Waals surface area contributed by atoms with Gasteiger partial charge in [-0.05, 0) is 60.0 Å². The van der Waals surface area contributed by atoms with Gasteiger partial charge in [0.1, 0.15) is 5.75 Å². The van der Waals surface area contributed by atoms with Gasteiger partial charge in [0.15, 0.2) is 0 Å². The van der Waals surface area contributed by atoms with Gasteiger partial charge in [0.2, 0.25) is 0 Å². The Balaban J connectivity index is 1.35. The monoisotopic (exact) mass is 405 g/mol. The summed E-state index contributed by atoms with van der Waals surface area (Å²) in [5, 5.41) is 20.2. The quantitative estimate of drug-likeness (QED) is 0.514. The average molecular weight is 405 g/mol. The summed E-state index contributed by atoms with van der Waals surface area (Å²) < 4.78 is 5.47. The molecule has 3 amide bonds. The molecule has 0 aromatic heterocycles. The van der Waals surface area contributed by atoms with E-state index in [1.54, 1.807) is 36.4 Å². The first-order chi connectivity index (χ1) is 14.6. The number of anilines is 2. The molecule has 1 atom stereocenters. The van der Waals surface area contributed by atoms with Crippen molar-refractivity contribution in [2.45, 2.75) is 18.9 Å². The minimum atomic E-state index is -0.409. The predicted octanol–water partition coefficient (Wildman–Crippen LogP) is 4.10. The molecule has 0 aliphatic carbocycles. The molecule has 4 rings (SSSR count). The SMILES string of the molecule is O=C(NCC1CCCO1)Nc1ccc(NC(=O)c2cc3ccccc3cc2O)cc1. The van der Waals surface area contributed by atoms with Gasteiger partial charge in [-0.1, -0.05) is 24.3 Å². The molecule has 1 saturated heterocycles. The lowest BCUT2D eigenvalue weighted by atomic mass is 10.1. The molecule has 1 heterocycles. The number of ether oxygens (including phenoxy) is 1. The van der Waals surface area contributed by atoms with Crippen molar-refractivity contribution in [3.8, 4) is 5.75 Å². The summed E-state index contributed by atoms with van der Waals surface area (Å²) in [6.07, 6.45) is 2.07. The molecule has 4 N–H and O–H groups in total. The maximum Gasteiger partial charge on any atom is 0.319 e. The molecule has 0 bridgehead atoms. The van der Waals surface area contributed by atoms with Crippen LogP contribution < -0.4 is 16.0 Å². The highest BCUT2D eigenvalue weighted by Gasteiger charge is 2.16. The Hall–Kier alpha value is -3.58. The van der Waals surface area contributed by atoms with Crippen molar-refractivity contribution in [2.75, 3.05) is 23.8 Å². The number of carbonyl (C=O) groups excluding carboxylic acids is 2. The molecule has 154 valence electrons. The number of aromatic hydroxyl groups is 1. The lowest BCUT2D eigenvalue weighted by Gasteiger charge is -2.12. The van der Waals surface area contributed by atoms with Crippen molar-refractivity contribution in [1.29, 1.82) is 0 Å². The fraction of sp³-hybridized carbons (Fsp3) is 0.217. The zero-order chi connectivity index (χ0) is 20.9. The van der Waals surface area contributed by atoms with Crippen LogP contribution in [0.2, 0.25) is 0 Å². The minimum Gasteiger partial charge on any atom is -0.507 e.